The van der Waals surface area contributed by atoms with Crippen LogP contribution in [0.2, 0.25) is 0 Å². The molecule has 1 aliphatic carbocycles. The average Bonchev–Trinajstić information content (AvgIpc) is 3.10. The topological polar surface area (TPSA) is 88.9 Å². The molecule has 2 aromatic carbocycles. The van der Waals surface area contributed by atoms with Crippen LogP contribution >= 0.6 is 0 Å². The highest BCUT2D eigenvalue weighted by molar-refractivity contribution is 7.89. The summed E-state index contributed by atoms with van der Waals surface area (Å²) in [4.78, 5) is 12.4. The zero-order chi connectivity index (χ0) is 21.3. The second-order valence-corrected chi connectivity index (χ2v) is 9.67. The third kappa shape index (κ3) is 4.06. The van der Waals surface area contributed by atoms with Gasteiger partial charge in [0.1, 0.15) is 17.1 Å². The van der Waals surface area contributed by atoms with Crippen LogP contribution in [0.25, 0.3) is 11.0 Å². The van der Waals surface area contributed by atoms with Crippen molar-refractivity contribution in [3.8, 4) is 5.75 Å². The van der Waals surface area contributed by atoms with Gasteiger partial charge in [0.2, 0.25) is 10.0 Å². The number of furan rings is 1. The Morgan fingerprint density at radius 3 is 2.57 bits per heavy atom. The lowest BCUT2D eigenvalue weighted by Crippen LogP contribution is -2.22. The number of rotatable bonds is 6. The molecule has 8 heteroatoms. The first kappa shape index (κ1) is 20.4. The summed E-state index contributed by atoms with van der Waals surface area (Å²) in [6.07, 6.45) is 4.28. The number of amides is 1. The molecule has 7 nitrogen and oxygen atoms in total. The molecule has 3 aromatic rings. The molecule has 1 N–H and O–H groups in total. The fourth-order valence-corrected chi connectivity index (χ4v) is 4.50. The van der Waals surface area contributed by atoms with Crippen LogP contribution < -0.4 is 10.1 Å². The van der Waals surface area contributed by atoms with Crippen molar-refractivity contribution in [2.24, 2.45) is 0 Å². The van der Waals surface area contributed by atoms with Gasteiger partial charge in [-0.05, 0) is 61.7 Å². The maximum absolute atomic E-state index is 12.2. The summed E-state index contributed by atoms with van der Waals surface area (Å²) in [5, 5.41) is 3.77. The van der Waals surface area contributed by atoms with Crippen molar-refractivity contribution in [3.63, 3.8) is 0 Å². The maximum Gasteiger partial charge on any atom is 0.262 e. The number of benzene rings is 2. The highest BCUT2D eigenvalue weighted by Gasteiger charge is 2.19. The number of ether oxygens (including phenoxy) is 1. The van der Waals surface area contributed by atoms with Crippen LogP contribution in [0.3, 0.4) is 0 Å². The zero-order valence-corrected chi connectivity index (χ0v) is 17.8. The zero-order valence-electron chi connectivity index (χ0n) is 17.0. The monoisotopic (exact) mass is 428 g/mol. The van der Waals surface area contributed by atoms with E-state index in [9.17, 15) is 13.2 Å². The molecular weight excluding hydrogens is 404 g/mol. The van der Waals surface area contributed by atoms with E-state index in [0.717, 1.165) is 46.7 Å². The molecular formula is C22H24N2O5S. The van der Waals surface area contributed by atoms with Crippen molar-refractivity contribution in [3.05, 3.63) is 53.8 Å². The fourth-order valence-electron chi connectivity index (χ4n) is 3.60. The molecule has 0 radical (unpaired) electrons. The minimum absolute atomic E-state index is 0.150. The van der Waals surface area contributed by atoms with Crippen molar-refractivity contribution in [2.45, 2.75) is 30.6 Å². The normalized spacial score (nSPS) is 14.0. The molecule has 0 fully saturated rings. The van der Waals surface area contributed by atoms with Crippen LogP contribution in [-0.4, -0.2) is 39.3 Å². The molecule has 30 heavy (non-hydrogen) atoms. The van der Waals surface area contributed by atoms with Gasteiger partial charge in [-0.1, -0.05) is 0 Å². The first-order valence-corrected chi connectivity index (χ1v) is 11.3. The van der Waals surface area contributed by atoms with Crippen molar-refractivity contribution < 1.29 is 22.4 Å². The quantitative estimate of drug-likeness (QED) is 0.648. The van der Waals surface area contributed by atoms with Gasteiger partial charge in [0.15, 0.2) is 6.61 Å². The molecule has 0 saturated carbocycles. The summed E-state index contributed by atoms with van der Waals surface area (Å²) in [5.41, 5.74) is 2.60. The molecule has 4 rings (SSSR count). The highest BCUT2D eigenvalue weighted by Crippen LogP contribution is 2.33. The summed E-state index contributed by atoms with van der Waals surface area (Å²) in [6.45, 7) is -0.150. The molecule has 0 bridgehead atoms. The molecule has 0 aliphatic heterocycles. The van der Waals surface area contributed by atoms with E-state index < -0.39 is 10.0 Å². The number of nitrogens with zero attached hydrogens (tertiary/aromatic N) is 1. The van der Waals surface area contributed by atoms with E-state index in [1.54, 1.807) is 18.2 Å². The van der Waals surface area contributed by atoms with Gasteiger partial charge < -0.3 is 14.5 Å². The van der Waals surface area contributed by atoms with Gasteiger partial charge in [0.05, 0.1) is 4.90 Å². The summed E-state index contributed by atoms with van der Waals surface area (Å²) >= 11 is 0. The average molecular weight is 429 g/mol. The van der Waals surface area contributed by atoms with Gasteiger partial charge in [-0.3, -0.25) is 4.79 Å². The number of anilines is 1. The van der Waals surface area contributed by atoms with Crippen LogP contribution in [0.15, 0.2) is 51.8 Å². The van der Waals surface area contributed by atoms with Crippen LogP contribution in [0.1, 0.15) is 24.2 Å². The second-order valence-electron chi connectivity index (χ2n) is 7.52. The largest absolute Gasteiger partial charge is 0.484 e. The van der Waals surface area contributed by atoms with Crippen LogP contribution in [0, 0.1) is 0 Å². The lowest BCUT2D eigenvalue weighted by molar-refractivity contribution is -0.118. The smallest absolute Gasteiger partial charge is 0.262 e. The molecule has 158 valence electrons. The van der Waals surface area contributed by atoms with Gasteiger partial charge in [-0.15, -0.1) is 0 Å². The Balaban J connectivity index is 1.39. The van der Waals surface area contributed by atoms with Crippen LogP contribution in [0.5, 0.6) is 5.75 Å². The number of carbonyl (C=O) groups is 1. The van der Waals surface area contributed by atoms with Gasteiger partial charge in [0, 0.05) is 37.2 Å². The Morgan fingerprint density at radius 1 is 1.10 bits per heavy atom. The second kappa shape index (κ2) is 8.12. The predicted molar refractivity (Wildman–Crippen MR) is 114 cm³/mol. The van der Waals surface area contributed by atoms with Gasteiger partial charge in [-0.2, -0.15) is 0 Å². The highest BCUT2D eigenvalue weighted by atomic mass is 32.2. The van der Waals surface area contributed by atoms with Crippen molar-refractivity contribution in [1.82, 2.24) is 4.31 Å². The molecule has 1 heterocycles. The lowest BCUT2D eigenvalue weighted by atomic mass is 9.96. The standard InChI is InChI=1S/C22H24N2O5S/c1-24(2)30(26,27)17-10-7-15(8-11-17)23-22(25)14-28-16-9-12-21-19(13-16)18-5-3-4-6-20(18)29-21/h7-13H,3-6,14H2,1-2H3,(H,23,25). The number of sulfonamides is 1. The molecule has 0 unspecified atom stereocenters. The van der Waals surface area contributed by atoms with E-state index in [-0.39, 0.29) is 17.4 Å². The number of hydrogen-bond acceptors (Lipinski definition) is 5. The lowest BCUT2D eigenvalue weighted by Gasteiger charge is -2.12. The van der Waals surface area contributed by atoms with E-state index in [1.807, 2.05) is 12.1 Å². The third-order valence-corrected chi connectivity index (χ3v) is 7.04. The fraction of sp³-hybridized carbons (Fsp3) is 0.318. The number of hydrogen-bond donors (Lipinski definition) is 1. The minimum Gasteiger partial charge on any atom is -0.484 e. The van der Waals surface area contributed by atoms with Crippen molar-refractivity contribution in [1.29, 1.82) is 0 Å². The van der Waals surface area contributed by atoms with E-state index >= 15 is 0 Å². The van der Waals surface area contributed by atoms with E-state index in [4.69, 9.17) is 9.15 Å². The van der Waals surface area contributed by atoms with Crippen LogP contribution in [0.4, 0.5) is 5.69 Å². The van der Waals surface area contributed by atoms with E-state index in [1.165, 1.54) is 31.8 Å². The van der Waals surface area contributed by atoms with Gasteiger partial charge in [-0.25, -0.2) is 12.7 Å². The SMILES string of the molecule is CN(C)S(=O)(=O)c1ccc(NC(=O)COc2ccc3oc4c(c3c2)CCCC4)cc1. The van der Waals surface area contributed by atoms with Gasteiger partial charge in [0.25, 0.3) is 5.91 Å². The molecule has 1 amide bonds. The summed E-state index contributed by atoms with van der Waals surface area (Å²) in [6, 6.07) is 11.6. The molecule has 0 saturated heterocycles. The Bertz CT molecular complexity index is 1180. The number of aryl methyl sites for hydroxylation is 2. The Morgan fingerprint density at radius 2 is 1.83 bits per heavy atom. The van der Waals surface area contributed by atoms with Crippen LogP contribution in [-0.2, 0) is 27.7 Å². The molecule has 0 atom stereocenters. The number of fused-ring (bicyclic) bond motifs is 3. The Labute approximate surface area is 175 Å². The summed E-state index contributed by atoms with van der Waals surface area (Å²) in [5.74, 6) is 1.35. The maximum atomic E-state index is 12.2. The third-order valence-electron chi connectivity index (χ3n) is 5.21. The Hall–Kier alpha value is -2.84. The van der Waals surface area contributed by atoms with Crippen molar-refractivity contribution in [2.75, 3.05) is 26.0 Å². The van der Waals surface area contributed by atoms with E-state index in [2.05, 4.69) is 5.32 Å². The number of carbonyl (C=O) groups excluding carboxylic acids is 1. The minimum atomic E-state index is -3.50. The molecule has 1 aliphatic rings. The first-order chi connectivity index (χ1) is 14.3. The van der Waals surface area contributed by atoms with Gasteiger partial charge >= 0.3 is 0 Å². The number of nitrogens with one attached hydrogen (secondary N) is 1. The Kier molecular flexibility index (Phi) is 5.53. The molecule has 0 spiro atoms. The molecule has 1 aromatic heterocycles. The van der Waals surface area contributed by atoms with Crippen molar-refractivity contribution >= 4 is 32.6 Å². The predicted octanol–water partition coefficient (Wildman–Crippen LogP) is 3.58. The summed E-state index contributed by atoms with van der Waals surface area (Å²) in [7, 11) is -0.557. The van der Waals surface area contributed by atoms with E-state index in [0.29, 0.717) is 11.4 Å². The first-order valence-electron chi connectivity index (χ1n) is 9.84. The summed E-state index contributed by atoms with van der Waals surface area (Å²) < 4.78 is 36.9.